The van der Waals surface area contributed by atoms with Crippen molar-refractivity contribution in [2.45, 2.75) is 13.3 Å². The van der Waals surface area contributed by atoms with Gasteiger partial charge in [0.05, 0.1) is 0 Å². The molecule has 0 aliphatic rings. The summed E-state index contributed by atoms with van der Waals surface area (Å²) in [6.07, 6.45) is 0.813. The van der Waals surface area contributed by atoms with Crippen molar-refractivity contribution >= 4 is 11.1 Å². The number of hydrogen-bond donors (Lipinski definition) is 1. The first-order valence-corrected chi connectivity index (χ1v) is 4.32. The maximum Gasteiger partial charge on any atom is 0.173 e. The number of allylic oxidation sites excluding steroid dienone is 1. The van der Waals surface area contributed by atoms with E-state index in [1.807, 2.05) is 6.92 Å². The Balaban J connectivity index is 3.72. The molecule has 0 rings (SSSR count). The van der Waals surface area contributed by atoms with E-state index in [0.29, 0.717) is 0 Å². The predicted octanol–water partition coefficient (Wildman–Crippen LogP) is 1.02. The van der Waals surface area contributed by atoms with Gasteiger partial charge in [0.1, 0.15) is 5.88 Å². The molecule has 0 spiro atoms. The molecule has 1 unspecified atom stereocenters. The Hall–Kier alpha value is -0.350. The van der Waals surface area contributed by atoms with Crippen LogP contribution in [0.15, 0.2) is 12.3 Å². The Labute approximate surface area is 64.0 Å². The number of nitrogens with zero attached hydrogens (tertiary/aromatic N) is 1. The van der Waals surface area contributed by atoms with Crippen LogP contribution in [-0.4, -0.2) is 26.6 Å². The maximum atomic E-state index is 10.3. The van der Waals surface area contributed by atoms with Crippen LogP contribution in [-0.2, 0) is 11.1 Å². The van der Waals surface area contributed by atoms with E-state index in [4.69, 9.17) is 4.55 Å². The fourth-order valence-corrected chi connectivity index (χ4v) is 1.04. The normalized spacial score (nSPS) is 12.7. The minimum absolute atomic E-state index is 0.146. The van der Waals surface area contributed by atoms with Crippen molar-refractivity contribution < 1.29 is 8.76 Å². The molecule has 0 saturated heterocycles. The van der Waals surface area contributed by atoms with E-state index >= 15 is 0 Å². The van der Waals surface area contributed by atoms with Crippen LogP contribution in [0.2, 0.25) is 0 Å². The SMILES string of the molecule is C=C(CC)N(C)CS(=O)O. The van der Waals surface area contributed by atoms with E-state index < -0.39 is 11.1 Å². The van der Waals surface area contributed by atoms with Crippen LogP contribution >= 0.6 is 0 Å². The van der Waals surface area contributed by atoms with E-state index in [-0.39, 0.29) is 5.88 Å². The number of hydrogen-bond acceptors (Lipinski definition) is 2. The molecule has 0 heterocycles. The molecule has 1 N–H and O–H groups in total. The van der Waals surface area contributed by atoms with Gasteiger partial charge >= 0.3 is 0 Å². The first-order chi connectivity index (χ1) is 4.57. The van der Waals surface area contributed by atoms with Crippen molar-refractivity contribution in [2.24, 2.45) is 0 Å². The van der Waals surface area contributed by atoms with Gasteiger partial charge in [-0.2, -0.15) is 0 Å². The third-order valence-corrected chi connectivity index (χ3v) is 1.86. The summed E-state index contributed by atoms with van der Waals surface area (Å²) in [7, 11) is 1.75. The van der Waals surface area contributed by atoms with Gasteiger partial charge in [0, 0.05) is 12.7 Å². The lowest BCUT2D eigenvalue weighted by Crippen LogP contribution is -2.20. The van der Waals surface area contributed by atoms with Gasteiger partial charge < -0.3 is 9.45 Å². The van der Waals surface area contributed by atoms with Crippen LogP contribution < -0.4 is 0 Å². The lowest BCUT2D eigenvalue weighted by atomic mass is 10.4. The average molecular weight is 163 g/mol. The fourth-order valence-electron chi connectivity index (χ4n) is 0.527. The molecule has 0 saturated carbocycles. The third kappa shape index (κ3) is 3.63. The molecule has 0 aromatic heterocycles. The molecule has 0 aromatic rings. The zero-order valence-electron chi connectivity index (χ0n) is 6.33. The molecule has 60 valence electrons. The highest BCUT2D eigenvalue weighted by atomic mass is 32.2. The minimum atomic E-state index is -1.75. The molecular formula is C6H13NO2S. The van der Waals surface area contributed by atoms with Crippen LogP contribution in [0.1, 0.15) is 13.3 Å². The molecule has 0 aliphatic heterocycles. The molecule has 0 amide bonds. The average Bonchev–Trinajstić information content (AvgIpc) is 1.85. The van der Waals surface area contributed by atoms with Gasteiger partial charge in [-0.05, 0) is 6.42 Å². The molecule has 0 radical (unpaired) electrons. The van der Waals surface area contributed by atoms with Gasteiger partial charge in [-0.25, -0.2) is 4.21 Å². The maximum absolute atomic E-state index is 10.3. The van der Waals surface area contributed by atoms with E-state index in [9.17, 15) is 4.21 Å². The second-order valence-corrected chi connectivity index (χ2v) is 2.97. The van der Waals surface area contributed by atoms with Crippen molar-refractivity contribution in [3.8, 4) is 0 Å². The van der Waals surface area contributed by atoms with Crippen LogP contribution in [0.25, 0.3) is 0 Å². The lowest BCUT2D eigenvalue weighted by molar-refractivity contribution is 0.449. The summed E-state index contributed by atoms with van der Waals surface area (Å²) >= 11 is -1.75. The lowest BCUT2D eigenvalue weighted by Gasteiger charge is -2.17. The van der Waals surface area contributed by atoms with Crippen LogP contribution in [0.4, 0.5) is 0 Å². The minimum Gasteiger partial charge on any atom is -0.365 e. The van der Waals surface area contributed by atoms with E-state index in [1.54, 1.807) is 11.9 Å². The summed E-state index contributed by atoms with van der Waals surface area (Å²) < 4.78 is 18.7. The first-order valence-electron chi connectivity index (χ1n) is 3.04. The van der Waals surface area contributed by atoms with Crippen molar-refractivity contribution in [3.63, 3.8) is 0 Å². The smallest absolute Gasteiger partial charge is 0.173 e. The van der Waals surface area contributed by atoms with E-state index in [2.05, 4.69) is 6.58 Å². The summed E-state index contributed by atoms with van der Waals surface area (Å²) in [4.78, 5) is 1.68. The van der Waals surface area contributed by atoms with Crippen molar-refractivity contribution in [1.82, 2.24) is 4.90 Å². The molecule has 0 fully saturated rings. The van der Waals surface area contributed by atoms with Gasteiger partial charge in [-0.3, -0.25) is 0 Å². The summed E-state index contributed by atoms with van der Waals surface area (Å²) in [5.74, 6) is 0.146. The largest absolute Gasteiger partial charge is 0.365 e. The Morgan fingerprint density at radius 2 is 2.30 bits per heavy atom. The van der Waals surface area contributed by atoms with Crippen LogP contribution in [0, 0.1) is 0 Å². The Morgan fingerprint density at radius 3 is 2.60 bits per heavy atom. The van der Waals surface area contributed by atoms with Gasteiger partial charge in [-0.1, -0.05) is 13.5 Å². The van der Waals surface area contributed by atoms with Crippen molar-refractivity contribution in [2.75, 3.05) is 12.9 Å². The number of rotatable bonds is 4. The first kappa shape index (κ1) is 9.65. The monoisotopic (exact) mass is 163 g/mol. The van der Waals surface area contributed by atoms with E-state index in [0.717, 1.165) is 12.1 Å². The highest BCUT2D eigenvalue weighted by Crippen LogP contribution is 2.01. The summed E-state index contributed by atoms with van der Waals surface area (Å²) in [6, 6.07) is 0. The molecular weight excluding hydrogens is 150 g/mol. The highest BCUT2D eigenvalue weighted by molar-refractivity contribution is 7.79. The standard InChI is InChI=1S/C6H13NO2S/c1-4-6(2)7(3)5-10(8)9/h2,4-5H2,1,3H3,(H,8,9). The van der Waals surface area contributed by atoms with Crippen LogP contribution in [0.5, 0.6) is 0 Å². The third-order valence-electron chi connectivity index (χ3n) is 1.25. The summed E-state index contributed by atoms with van der Waals surface area (Å²) in [6.45, 7) is 5.66. The van der Waals surface area contributed by atoms with Crippen molar-refractivity contribution in [1.29, 1.82) is 0 Å². The Bertz CT molecular complexity index is 147. The Kier molecular flexibility index (Phi) is 4.31. The fraction of sp³-hybridized carbons (Fsp3) is 0.667. The molecule has 3 nitrogen and oxygen atoms in total. The second-order valence-electron chi connectivity index (χ2n) is 2.07. The summed E-state index contributed by atoms with van der Waals surface area (Å²) in [5, 5.41) is 0. The molecule has 0 aromatic carbocycles. The highest BCUT2D eigenvalue weighted by Gasteiger charge is 2.01. The van der Waals surface area contributed by atoms with Crippen LogP contribution in [0.3, 0.4) is 0 Å². The topological polar surface area (TPSA) is 40.5 Å². The van der Waals surface area contributed by atoms with Gasteiger partial charge in [0.25, 0.3) is 0 Å². The molecule has 10 heavy (non-hydrogen) atoms. The quantitative estimate of drug-likeness (QED) is 0.629. The predicted molar refractivity (Wildman–Crippen MR) is 42.8 cm³/mol. The molecule has 1 atom stereocenters. The molecule has 0 aliphatic carbocycles. The van der Waals surface area contributed by atoms with Crippen molar-refractivity contribution in [3.05, 3.63) is 12.3 Å². The molecule has 0 bridgehead atoms. The van der Waals surface area contributed by atoms with Gasteiger partial charge in [0.15, 0.2) is 11.1 Å². The zero-order chi connectivity index (χ0) is 8.15. The van der Waals surface area contributed by atoms with Gasteiger partial charge in [-0.15, -0.1) is 0 Å². The van der Waals surface area contributed by atoms with Gasteiger partial charge in [0.2, 0.25) is 0 Å². The second kappa shape index (κ2) is 4.46. The Morgan fingerprint density at radius 1 is 1.80 bits per heavy atom. The zero-order valence-corrected chi connectivity index (χ0v) is 7.15. The summed E-state index contributed by atoms with van der Waals surface area (Å²) in [5.41, 5.74) is 0.877. The molecule has 4 heteroatoms. The van der Waals surface area contributed by atoms with E-state index in [1.165, 1.54) is 0 Å².